The molecule has 0 N–H and O–H groups in total. The maximum atomic E-state index is 12.3. The Kier molecular flexibility index (Phi) is 4.04. The maximum Gasteiger partial charge on any atom is 0.225 e. The average molecular weight is 314 g/mol. The fourth-order valence-corrected chi connectivity index (χ4v) is 3.57. The summed E-state index contributed by atoms with van der Waals surface area (Å²) in [5, 5.41) is 0. The van der Waals surface area contributed by atoms with Gasteiger partial charge in [-0.2, -0.15) is 0 Å². The Morgan fingerprint density at radius 2 is 2.04 bits per heavy atom. The molecular formula is C18H22N2O3. The number of likely N-dealkylation sites (tertiary alicyclic amines) is 1. The van der Waals surface area contributed by atoms with Gasteiger partial charge in [-0.15, -0.1) is 0 Å². The molecule has 4 rings (SSSR count). The number of nitrogens with zero attached hydrogens (tertiary/aromatic N) is 2. The lowest BCUT2D eigenvalue weighted by Crippen LogP contribution is -2.39. The molecule has 5 heteroatoms. The van der Waals surface area contributed by atoms with Gasteiger partial charge in [-0.25, -0.2) is 4.98 Å². The summed E-state index contributed by atoms with van der Waals surface area (Å²) in [6.45, 7) is 2.38. The lowest BCUT2D eigenvalue weighted by Gasteiger charge is -2.31. The van der Waals surface area contributed by atoms with Gasteiger partial charge in [-0.1, -0.05) is 12.1 Å². The van der Waals surface area contributed by atoms with Crippen molar-refractivity contribution in [1.29, 1.82) is 0 Å². The molecule has 2 aliphatic heterocycles. The topological polar surface area (TPSA) is 55.6 Å². The van der Waals surface area contributed by atoms with Crippen molar-refractivity contribution in [3.05, 3.63) is 30.2 Å². The van der Waals surface area contributed by atoms with E-state index in [4.69, 9.17) is 9.15 Å². The summed E-state index contributed by atoms with van der Waals surface area (Å²) in [6, 6.07) is 7.86. The first-order chi connectivity index (χ1) is 11.3. The first-order valence-corrected chi connectivity index (χ1v) is 8.54. The minimum Gasteiger partial charge on any atom is -0.440 e. The SMILES string of the molecule is O=C(CC1CCCO1)N1CCC(c2nc3ccccc3o2)CC1. The number of carbonyl (C=O) groups excluding carboxylic acids is 1. The highest BCUT2D eigenvalue weighted by Crippen LogP contribution is 2.30. The third kappa shape index (κ3) is 3.11. The number of piperidine rings is 1. The van der Waals surface area contributed by atoms with Crippen LogP contribution in [0.1, 0.15) is 43.9 Å². The van der Waals surface area contributed by atoms with Crippen LogP contribution in [0.4, 0.5) is 0 Å². The smallest absolute Gasteiger partial charge is 0.225 e. The molecule has 2 saturated heterocycles. The summed E-state index contributed by atoms with van der Waals surface area (Å²) in [5.74, 6) is 1.36. The summed E-state index contributed by atoms with van der Waals surface area (Å²) in [4.78, 5) is 18.9. The zero-order valence-electron chi connectivity index (χ0n) is 13.2. The number of rotatable bonds is 3. The summed E-state index contributed by atoms with van der Waals surface area (Å²) in [7, 11) is 0. The second kappa shape index (κ2) is 6.32. The minimum absolute atomic E-state index is 0.136. The van der Waals surface area contributed by atoms with E-state index in [1.165, 1.54) is 0 Å². The predicted octanol–water partition coefficient (Wildman–Crippen LogP) is 3.10. The number of para-hydroxylation sites is 2. The molecule has 1 amide bonds. The van der Waals surface area contributed by atoms with Crippen LogP contribution in [0.15, 0.2) is 28.7 Å². The molecule has 3 heterocycles. The van der Waals surface area contributed by atoms with E-state index in [0.29, 0.717) is 12.3 Å². The largest absolute Gasteiger partial charge is 0.440 e. The lowest BCUT2D eigenvalue weighted by atomic mass is 9.96. The van der Waals surface area contributed by atoms with Gasteiger partial charge in [0, 0.05) is 25.6 Å². The molecule has 0 radical (unpaired) electrons. The number of carbonyl (C=O) groups is 1. The zero-order chi connectivity index (χ0) is 15.6. The molecule has 5 nitrogen and oxygen atoms in total. The number of hydrogen-bond donors (Lipinski definition) is 0. The molecule has 1 aromatic carbocycles. The second-order valence-electron chi connectivity index (χ2n) is 6.51. The Morgan fingerprint density at radius 3 is 2.78 bits per heavy atom. The van der Waals surface area contributed by atoms with Gasteiger partial charge in [0.15, 0.2) is 11.5 Å². The van der Waals surface area contributed by atoms with E-state index in [-0.39, 0.29) is 12.0 Å². The van der Waals surface area contributed by atoms with E-state index in [0.717, 1.165) is 62.4 Å². The number of hydrogen-bond acceptors (Lipinski definition) is 4. The van der Waals surface area contributed by atoms with Crippen LogP contribution >= 0.6 is 0 Å². The summed E-state index contributed by atoms with van der Waals surface area (Å²) in [6.07, 6.45) is 4.61. The van der Waals surface area contributed by atoms with Gasteiger partial charge >= 0.3 is 0 Å². The Balaban J connectivity index is 1.35. The molecule has 23 heavy (non-hydrogen) atoms. The maximum absolute atomic E-state index is 12.3. The quantitative estimate of drug-likeness (QED) is 0.873. The molecule has 2 aromatic rings. The van der Waals surface area contributed by atoms with Gasteiger partial charge in [-0.05, 0) is 37.8 Å². The monoisotopic (exact) mass is 314 g/mol. The molecular weight excluding hydrogens is 292 g/mol. The number of amides is 1. The van der Waals surface area contributed by atoms with Gasteiger partial charge in [0.05, 0.1) is 12.5 Å². The highest BCUT2D eigenvalue weighted by atomic mass is 16.5. The fourth-order valence-electron chi connectivity index (χ4n) is 3.57. The number of aromatic nitrogens is 1. The van der Waals surface area contributed by atoms with Gasteiger partial charge in [-0.3, -0.25) is 4.79 Å². The van der Waals surface area contributed by atoms with Crippen LogP contribution in [0.3, 0.4) is 0 Å². The third-order valence-corrected chi connectivity index (χ3v) is 4.93. The minimum atomic E-state index is 0.136. The number of ether oxygens (including phenoxy) is 1. The third-order valence-electron chi connectivity index (χ3n) is 4.93. The van der Waals surface area contributed by atoms with E-state index in [1.54, 1.807) is 0 Å². The van der Waals surface area contributed by atoms with Crippen LogP contribution in [0.5, 0.6) is 0 Å². The number of benzene rings is 1. The van der Waals surface area contributed by atoms with Crippen molar-refractivity contribution in [3.63, 3.8) is 0 Å². The zero-order valence-corrected chi connectivity index (χ0v) is 13.2. The van der Waals surface area contributed by atoms with E-state index in [1.807, 2.05) is 29.2 Å². The van der Waals surface area contributed by atoms with Crippen LogP contribution in [-0.2, 0) is 9.53 Å². The average Bonchev–Trinajstić information content (AvgIpc) is 3.24. The molecule has 0 spiro atoms. The van der Waals surface area contributed by atoms with Gasteiger partial charge < -0.3 is 14.1 Å². The van der Waals surface area contributed by atoms with E-state index >= 15 is 0 Å². The predicted molar refractivity (Wildman–Crippen MR) is 86.2 cm³/mol. The van der Waals surface area contributed by atoms with E-state index in [2.05, 4.69) is 4.98 Å². The number of oxazole rings is 1. The van der Waals surface area contributed by atoms with E-state index < -0.39 is 0 Å². The molecule has 0 saturated carbocycles. The Hall–Kier alpha value is -1.88. The standard InChI is InChI=1S/C18H22N2O3/c21-17(12-14-4-3-11-22-14)20-9-7-13(8-10-20)18-19-15-5-1-2-6-16(15)23-18/h1-2,5-6,13-14H,3-4,7-12H2. The molecule has 2 fully saturated rings. The summed E-state index contributed by atoms with van der Waals surface area (Å²) < 4.78 is 11.4. The van der Waals surface area contributed by atoms with Crippen LogP contribution < -0.4 is 0 Å². The highest BCUT2D eigenvalue weighted by molar-refractivity contribution is 5.77. The van der Waals surface area contributed by atoms with Gasteiger partial charge in [0.1, 0.15) is 5.52 Å². The normalized spacial score (nSPS) is 22.8. The van der Waals surface area contributed by atoms with Crippen LogP contribution in [-0.4, -0.2) is 41.6 Å². The van der Waals surface area contributed by atoms with Gasteiger partial charge in [0.2, 0.25) is 5.91 Å². The second-order valence-corrected chi connectivity index (χ2v) is 6.51. The molecule has 1 unspecified atom stereocenters. The van der Waals surface area contributed by atoms with Crippen molar-refractivity contribution >= 4 is 17.0 Å². The molecule has 2 aliphatic rings. The first-order valence-electron chi connectivity index (χ1n) is 8.54. The molecule has 0 bridgehead atoms. The van der Waals surface area contributed by atoms with E-state index in [9.17, 15) is 4.79 Å². The van der Waals surface area contributed by atoms with Crippen LogP contribution in [0.25, 0.3) is 11.1 Å². The van der Waals surface area contributed by atoms with Crippen LogP contribution in [0, 0.1) is 0 Å². The van der Waals surface area contributed by atoms with Crippen molar-refractivity contribution in [2.45, 2.75) is 44.1 Å². The molecule has 1 aromatic heterocycles. The number of fused-ring (bicyclic) bond motifs is 1. The lowest BCUT2D eigenvalue weighted by molar-refractivity contribution is -0.134. The highest BCUT2D eigenvalue weighted by Gasteiger charge is 2.29. The van der Waals surface area contributed by atoms with Gasteiger partial charge in [0.25, 0.3) is 0 Å². The fraction of sp³-hybridized carbons (Fsp3) is 0.556. The molecule has 1 atom stereocenters. The van der Waals surface area contributed by atoms with Crippen molar-refractivity contribution in [3.8, 4) is 0 Å². The van der Waals surface area contributed by atoms with Crippen molar-refractivity contribution in [2.24, 2.45) is 0 Å². The van der Waals surface area contributed by atoms with Crippen molar-refractivity contribution in [1.82, 2.24) is 9.88 Å². The first kappa shape index (κ1) is 14.7. The van der Waals surface area contributed by atoms with Crippen LogP contribution in [0.2, 0.25) is 0 Å². The Bertz CT molecular complexity index is 649. The summed E-state index contributed by atoms with van der Waals surface area (Å²) >= 11 is 0. The van der Waals surface area contributed by atoms with Crippen molar-refractivity contribution < 1.29 is 13.9 Å². The Morgan fingerprint density at radius 1 is 1.22 bits per heavy atom. The molecule has 122 valence electrons. The summed E-state index contributed by atoms with van der Waals surface area (Å²) in [5.41, 5.74) is 1.76. The van der Waals surface area contributed by atoms with Crippen molar-refractivity contribution in [2.75, 3.05) is 19.7 Å². The Labute approximate surface area is 135 Å². The molecule has 0 aliphatic carbocycles.